The zero-order valence-electron chi connectivity index (χ0n) is 12.8. The molecule has 0 saturated carbocycles. The number of nitrogens with one attached hydrogen (secondary N) is 2. The molecular weight excluding hydrogens is 302 g/mol. The lowest BCUT2D eigenvalue weighted by Crippen LogP contribution is -2.05. The topological polar surface area (TPSA) is 88.2 Å². The number of benzene rings is 3. The van der Waals surface area contributed by atoms with Crippen molar-refractivity contribution in [3.63, 3.8) is 0 Å². The molecule has 0 aliphatic carbocycles. The highest BCUT2D eigenvalue weighted by Crippen LogP contribution is 2.19. The Labute approximate surface area is 138 Å². The fourth-order valence-electron chi connectivity index (χ4n) is 2.46. The number of aliphatic imine (C=N–C) groups is 1. The molecule has 24 heavy (non-hydrogen) atoms. The monoisotopic (exact) mass is 318 g/mol. The van der Waals surface area contributed by atoms with Gasteiger partial charge in [-0.15, -0.1) is 4.99 Å². The minimum atomic E-state index is 0.00517. The second-order valence-corrected chi connectivity index (χ2v) is 5.18. The zero-order valence-corrected chi connectivity index (χ0v) is 12.8. The summed E-state index contributed by atoms with van der Waals surface area (Å²) in [5.74, 6) is 0.0532. The van der Waals surface area contributed by atoms with Gasteiger partial charge in [-0.3, -0.25) is 10.2 Å². The van der Waals surface area contributed by atoms with Gasteiger partial charge in [0.15, 0.2) is 5.84 Å². The summed E-state index contributed by atoms with van der Waals surface area (Å²) < 4.78 is 0. The van der Waals surface area contributed by atoms with Crippen molar-refractivity contribution in [3.8, 4) is 0 Å². The third-order valence-corrected chi connectivity index (χ3v) is 3.65. The van der Waals surface area contributed by atoms with Crippen LogP contribution in [-0.2, 0) is 4.79 Å². The Kier molecular flexibility index (Phi) is 4.34. The lowest BCUT2D eigenvalue weighted by atomic mass is 10.0. The van der Waals surface area contributed by atoms with Crippen LogP contribution in [0.5, 0.6) is 0 Å². The molecular formula is C19H16N3O2+. The van der Waals surface area contributed by atoms with E-state index in [-0.39, 0.29) is 11.7 Å². The summed E-state index contributed by atoms with van der Waals surface area (Å²) in [6.07, 6.45) is 0.598. The first-order chi connectivity index (χ1) is 11.7. The van der Waals surface area contributed by atoms with E-state index in [1.807, 2.05) is 42.5 Å². The molecule has 0 aliphatic rings. The van der Waals surface area contributed by atoms with E-state index in [9.17, 15) is 4.79 Å². The summed E-state index contributed by atoms with van der Waals surface area (Å²) in [6.45, 7) is 0. The number of amides is 1. The Morgan fingerprint density at radius 2 is 1.71 bits per heavy atom. The fourth-order valence-corrected chi connectivity index (χ4v) is 2.46. The molecule has 5 heteroatoms. The number of rotatable bonds is 4. The first-order valence-corrected chi connectivity index (χ1v) is 7.36. The molecule has 1 amide bonds. The van der Waals surface area contributed by atoms with Gasteiger partial charge in [0.2, 0.25) is 6.41 Å². The molecule has 0 unspecified atom stereocenters. The number of anilines is 1. The van der Waals surface area contributed by atoms with Gasteiger partial charge in [-0.05, 0) is 35.0 Å². The van der Waals surface area contributed by atoms with Crippen molar-refractivity contribution >= 4 is 34.6 Å². The smallest absolute Gasteiger partial charge is 0.366 e. The average molecular weight is 318 g/mol. The van der Waals surface area contributed by atoms with Crippen molar-refractivity contribution in [1.29, 1.82) is 5.41 Å². The van der Waals surface area contributed by atoms with Gasteiger partial charge in [0.05, 0.1) is 5.56 Å². The molecule has 0 aromatic heterocycles. The molecule has 0 spiro atoms. The Morgan fingerprint density at radius 3 is 2.46 bits per heavy atom. The Balaban J connectivity index is 1.91. The van der Waals surface area contributed by atoms with Gasteiger partial charge < -0.3 is 10.4 Å². The van der Waals surface area contributed by atoms with E-state index >= 15 is 0 Å². The second-order valence-electron chi connectivity index (χ2n) is 5.18. The lowest BCUT2D eigenvalue weighted by molar-refractivity contribution is -0.105. The maximum Gasteiger partial charge on any atom is 0.366 e. The quantitative estimate of drug-likeness (QED) is 0.329. The number of carbonyl (C=O) groups is 1. The van der Waals surface area contributed by atoms with Crippen LogP contribution in [0.4, 0.5) is 5.69 Å². The van der Waals surface area contributed by atoms with Crippen LogP contribution in [0.25, 0.3) is 10.8 Å². The van der Waals surface area contributed by atoms with Gasteiger partial charge in [-0.2, -0.15) is 0 Å². The molecule has 5 nitrogen and oxygen atoms in total. The molecule has 3 aromatic rings. The van der Waals surface area contributed by atoms with Gasteiger partial charge >= 0.3 is 5.90 Å². The van der Waals surface area contributed by atoms with Crippen LogP contribution in [0.3, 0.4) is 0 Å². The highest BCUT2D eigenvalue weighted by atomic mass is 16.3. The predicted octanol–water partition coefficient (Wildman–Crippen LogP) is 2.90. The van der Waals surface area contributed by atoms with Gasteiger partial charge in [-0.25, -0.2) is 0 Å². The molecule has 0 bridgehead atoms. The summed E-state index contributed by atoms with van der Waals surface area (Å²) in [6, 6.07) is 20.2. The number of hydrogen-bond acceptors (Lipinski definition) is 2. The molecule has 3 rings (SSSR count). The van der Waals surface area contributed by atoms with Crippen molar-refractivity contribution in [2.24, 2.45) is 4.99 Å². The molecule has 4 N–H and O–H groups in total. The van der Waals surface area contributed by atoms with Crippen LogP contribution in [0, 0.1) is 5.41 Å². The van der Waals surface area contributed by atoms with Gasteiger partial charge in [0.1, 0.15) is 0 Å². The first-order valence-electron chi connectivity index (χ1n) is 7.36. The van der Waals surface area contributed by atoms with E-state index in [4.69, 9.17) is 10.5 Å². The molecule has 0 saturated heterocycles. The molecule has 0 radical (unpaired) electrons. The van der Waals surface area contributed by atoms with Crippen LogP contribution in [0.2, 0.25) is 0 Å². The highest BCUT2D eigenvalue weighted by molar-refractivity contribution is 6.13. The molecule has 3 aromatic carbocycles. The van der Waals surface area contributed by atoms with E-state index in [0.717, 1.165) is 10.8 Å². The Bertz CT molecular complexity index is 926. The van der Waals surface area contributed by atoms with Crippen LogP contribution in [0.15, 0.2) is 71.7 Å². The fraction of sp³-hybridized carbons (Fsp3) is 0. The average Bonchev–Trinajstić information content (AvgIpc) is 2.62. The number of carbonyl (C=O) groups excluding carboxylic acids is 1. The van der Waals surface area contributed by atoms with Crippen LogP contribution >= 0.6 is 0 Å². The summed E-state index contributed by atoms with van der Waals surface area (Å²) in [5.41, 5.74) is 1.92. The molecule has 0 atom stereocenters. The number of amidine groups is 1. The summed E-state index contributed by atoms with van der Waals surface area (Å²) in [4.78, 5) is 14.5. The van der Waals surface area contributed by atoms with E-state index in [2.05, 4.69) is 10.3 Å². The standard InChI is InChI=1S/C19H15N3O2/c20-18(17-7-3-5-13-4-1-2-6-16(13)17)22-19(24)14-8-10-15(11-9-14)21-12-23/h1-12H,(H,21,23)(H2,20,22,24)/p+1. The van der Waals surface area contributed by atoms with E-state index in [1.54, 1.807) is 24.3 Å². The van der Waals surface area contributed by atoms with Crippen molar-refractivity contribution in [1.82, 2.24) is 0 Å². The second kappa shape index (κ2) is 6.75. The molecule has 0 fully saturated rings. The highest BCUT2D eigenvalue weighted by Gasteiger charge is 2.11. The maximum absolute atomic E-state index is 10.4. The molecule has 0 heterocycles. The third kappa shape index (κ3) is 3.15. The number of fused-ring (bicyclic) bond motifs is 1. The summed E-state index contributed by atoms with van der Waals surface area (Å²) in [7, 11) is 0. The Morgan fingerprint density at radius 1 is 1.00 bits per heavy atom. The van der Waals surface area contributed by atoms with Gasteiger partial charge in [0, 0.05) is 11.3 Å². The summed E-state index contributed by atoms with van der Waals surface area (Å²) in [5, 5.41) is 20.8. The molecule has 118 valence electrons. The minimum absolute atomic E-state index is 0.00517. The number of nitrogens with zero attached hydrogens (tertiary/aromatic N) is 1. The lowest BCUT2D eigenvalue weighted by Gasteiger charge is -2.04. The van der Waals surface area contributed by atoms with E-state index in [0.29, 0.717) is 23.2 Å². The van der Waals surface area contributed by atoms with Crippen molar-refractivity contribution in [2.45, 2.75) is 0 Å². The van der Waals surface area contributed by atoms with Crippen LogP contribution in [0.1, 0.15) is 11.1 Å². The maximum atomic E-state index is 10.4. The normalized spacial score (nSPS) is 11.2. The largest absolute Gasteiger partial charge is 0.578 e. The summed E-state index contributed by atoms with van der Waals surface area (Å²) >= 11 is 0. The Hall–Kier alpha value is -3.47. The zero-order chi connectivity index (χ0) is 16.9. The van der Waals surface area contributed by atoms with Crippen molar-refractivity contribution in [2.75, 3.05) is 5.32 Å². The van der Waals surface area contributed by atoms with E-state index in [1.165, 1.54) is 0 Å². The predicted molar refractivity (Wildman–Crippen MR) is 97.1 cm³/mol. The van der Waals surface area contributed by atoms with Crippen molar-refractivity contribution in [3.05, 3.63) is 77.9 Å². The number of hydrogen-bond donors (Lipinski definition) is 2. The van der Waals surface area contributed by atoms with E-state index < -0.39 is 0 Å². The minimum Gasteiger partial charge on any atom is -0.578 e. The van der Waals surface area contributed by atoms with Crippen molar-refractivity contribution < 1.29 is 9.90 Å². The van der Waals surface area contributed by atoms with Crippen LogP contribution < -0.4 is 5.32 Å². The van der Waals surface area contributed by atoms with Crippen LogP contribution in [-0.4, -0.2) is 23.2 Å². The first kappa shape index (κ1) is 15.4. The van der Waals surface area contributed by atoms with Gasteiger partial charge in [-0.1, -0.05) is 42.5 Å². The van der Waals surface area contributed by atoms with Gasteiger partial charge in [0.25, 0.3) is 0 Å². The molecule has 0 aliphatic heterocycles. The third-order valence-electron chi connectivity index (χ3n) is 3.65. The SMILES string of the molecule is N=C(N=C([OH2+])c1ccc(NC=O)cc1)c1cccc2ccccc12.